The lowest BCUT2D eigenvalue weighted by Crippen LogP contribution is -2.62. The number of nitrogens with two attached hydrogens (primary N) is 1. The first-order valence-electron chi connectivity index (χ1n) is 6.84. The molecule has 2 atom stereocenters. The Bertz CT molecular complexity index is 473. The summed E-state index contributed by atoms with van der Waals surface area (Å²) in [6.45, 7) is 6.91. The molecule has 1 aromatic heterocycles. The van der Waals surface area contributed by atoms with Crippen LogP contribution in [0.5, 0.6) is 0 Å². The van der Waals surface area contributed by atoms with Gasteiger partial charge in [-0.3, -0.25) is 4.79 Å². The summed E-state index contributed by atoms with van der Waals surface area (Å²) in [5.74, 6) is 5.65. The normalized spacial score (nSPS) is 23.8. The Morgan fingerprint density at radius 2 is 2.30 bits per heavy atom. The molecule has 0 aliphatic heterocycles. The van der Waals surface area contributed by atoms with E-state index in [1.54, 1.807) is 12.1 Å². The number of nitrogens with one attached hydrogen (secondary N) is 2. The molecule has 20 heavy (non-hydrogen) atoms. The minimum absolute atomic E-state index is 0.0438. The van der Waals surface area contributed by atoms with Gasteiger partial charge in [-0.1, -0.05) is 13.8 Å². The summed E-state index contributed by atoms with van der Waals surface area (Å²) in [7, 11) is 0. The lowest BCUT2D eigenvalue weighted by atomic mass is 9.64. The van der Waals surface area contributed by atoms with Crippen molar-refractivity contribution >= 4 is 11.7 Å². The van der Waals surface area contributed by atoms with E-state index >= 15 is 0 Å². The molecule has 110 valence electrons. The highest BCUT2D eigenvalue weighted by molar-refractivity contribution is 5.94. The fraction of sp³-hybridized carbons (Fsp3) is 0.571. The maximum atomic E-state index is 12.2. The molecule has 2 rings (SSSR count). The maximum absolute atomic E-state index is 12.2. The summed E-state index contributed by atoms with van der Waals surface area (Å²) >= 11 is 0. The van der Waals surface area contributed by atoms with E-state index in [-0.39, 0.29) is 23.5 Å². The molecule has 6 heteroatoms. The number of hydrazine groups is 1. The van der Waals surface area contributed by atoms with Crippen LogP contribution in [0.1, 0.15) is 37.6 Å². The first kappa shape index (κ1) is 14.7. The average molecular weight is 278 g/mol. The monoisotopic (exact) mass is 278 g/mol. The molecule has 2 unspecified atom stereocenters. The number of amides is 1. The topological polar surface area (TPSA) is 89.3 Å². The van der Waals surface area contributed by atoms with Crippen molar-refractivity contribution < 1.29 is 9.53 Å². The SMILES string of the molecule is CCOC1CC(NC(=O)c2ccc(NN)nc2)C1(C)C. The average Bonchev–Trinajstić information content (AvgIpc) is 2.46. The molecular formula is C14H22N4O2. The van der Waals surface area contributed by atoms with Crippen LogP contribution in [0.25, 0.3) is 0 Å². The highest BCUT2D eigenvalue weighted by Crippen LogP contribution is 2.42. The van der Waals surface area contributed by atoms with E-state index in [0.717, 1.165) is 6.42 Å². The third-order valence-electron chi connectivity index (χ3n) is 4.02. The molecule has 0 saturated heterocycles. The Labute approximate surface area is 119 Å². The van der Waals surface area contributed by atoms with Gasteiger partial charge in [0.15, 0.2) is 0 Å². The number of pyridine rings is 1. The van der Waals surface area contributed by atoms with Crippen LogP contribution >= 0.6 is 0 Å². The van der Waals surface area contributed by atoms with E-state index in [1.165, 1.54) is 6.20 Å². The zero-order valence-electron chi connectivity index (χ0n) is 12.1. The van der Waals surface area contributed by atoms with Crippen molar-refractivity contribution in [2.24, 2.45) is 11.3 Å². The number of hydrogen-bond donors (Lipinski definition) is 3. The fourth-order valence-corrected chi connectivity index (χ4v) is 2.47. The molecule has 0 aromatic carbocycles. The Hall–Kier alpha value is -1.66. The smallest absolute Gasteiger partial charge is 0.253 e. The van der Waals surface area contributed by atoms with E-state index < -0.39 is 0 Å². The lowest BCUT2D eigenvalue weighted by Gasteiger charge is -2.51. The summed E-state index contributed by atoms with van der Waals surface area (Å²) in [6, 6.07) is 3.49. The van der Waals surface area contributed by atoms with Crippen LogP contribution < -0.4 is 16.6 Å². The highest BCUT2D eigenvalue weighted by Gasteiger charge is 2.49. The first-order valence-corrected chi connectivity index (χ1v) is 6.84. The number of ether oxygens (including phenoxy) is 1. The largest absolute Gasteiger partial charge is 0.378 e. The summed E-state index contributed by atoms with van der Waals surface area (Å²) in [5.41, 5.74) is 2.91. The Balaban J connectivity index is 1.95. The predicted molar refractivity (Wildman–Crippen MR) is 77.1 cm³/mol. The summed E-state index contributed by atoms with van der Waals surface area (Å²) in [4.78, 5) is 16.2. The van der Waals surface area contributed by atoms with Gasteiger partial charge in [-0.15, -0.1) is 0 Å². The summed E-state index contributed by atoms with van der Waals surface area (Å²) in [5, 5.41) is 3.04. The van der Waals surface area contributed by atoms with Crippen molar-refractivity contribution in [2.75, 3.05) is 12.0 Å². The molecule has 1 saturated carbocycles. The number of carbonyl (C=O) groups is 1. The van der Waals surface area contributed by atoms with Crippen LogP contribution in [0.2, 0.25) is 0 Å². The standard InChI is InChI=1S/C14H22N4O2/c1-4-20-11-7-10(14(11,2)3)17-13(19)9-5-6-12(18-15)16-8-9/h5-6,8,10-11H,4,7,15H2,1-3H3,(H,16,18)(H,17,19). The van der Waals surface area contributed by atoms with Gasteiger partial charge in [0, 0.05) is 24.3 Å². The molecule has 1 aromatic rings. The van der Waals surface area contributed by atoms with Crippen molar-refractivity contribution in [1.29, 1.82) is 0 Å². The van der Waals surface area contributed by atoms with Gasteiger partial charge in [-0.05, 0) is 25.5 Å². The third kappa shape index (κ3) is 2.76. The highest BCUT2D eigenvalue weighted by atomic mass is 16.5. The minimum Gasteiger partial charge on any atom is -0.378 e. The second-order valence-corrected chi connectivity index (χ2v) is 5.60. The van der Waals surface area contributed by atoms with Crippen molar-refractivity contribution in [1.82, 2.24) is 10.3 Å². The number of nitrogens with zero attached hydrogens (tertiary/aromatic N) is 1. The number of nitrogen functional groups attached to an aromatic ring is 1. The number of anilines is 1. The number of rotatable bonds is 5. The second kappa shape index (κ2) is 5.76. The third-order valence-corrected chi connectivity index (χ3v) is 4.02. The van der Waals surface area contributed by atoms with Crippen molar-refractivity contribution in [3.63, 3.8) is 0 Å². The van der Waals surface area contributed by atoms with Crippen molar-refractivity contribution in [2.45, 2.75) is 39.3 Å². The van der Waals surface area contributed by atoms with Crippen molar-refractivity contribution in [3.05, 3.63) is 23.9 Å². The molecule has 0 bridgehead atoms. The zero-order valence-corrected chi connectivity index (χ0v) is 12.1. The molecule has 1 fully saturated rings. The lowest BCUT2D eigenvalue weighted by molar-refractivity contribution is -0.111. The van der Waals surface area contributed by atoms with E-state index in [0.29, 0.717) is 18.0 Å². The molecule has 1 aliphatic rings. The summed E-state index contributed by atoms with van der Waals surface area (Å²) in [6.07, 6.45) is 2.57. The minimum atomic E-state index is -0.117. The summed E-state index contributed by atoms with van der Waals surface area (Å²) < 4.78 is 5.66. The molecule has 6 nitrogen and oxygen atoms in total. The van der Waals surface area contributed by atoms with Crippen LogP contribution in [0.4, 0.5) is 5.82 Å². The van der Waals surface area contributed by atoms with Crippen LogP contribution in [-0.2, 0) is 4.74 Å². The van der Waals surface area contributed by atoms with Crippen LogP contribution in [-0.4, -0.2) is 29.6 Å². The van der Waals surface area contributed by atoms with Gasteiger partial charge in [-0.2, -0.15) is 0 Å². The second-order valence-electron chi connectivity index (χ2n) is 5.60. The predicted octanol–water partition coefficient (Wildman–Crippen LogP) is 1.30. The van der Waals surface area contributed by atoms with Gasteiger partial charge < -0.3 is 15.5 Å². The molecule has 0 spiro atoms. The van der Waals surface area contributed by atoms with E-state index in [4.69, 9.17) is 10.6 Å². The number of carbonyl (C=O) groups excluding carboxylic acids is 1. The molecule has 0 radical (unpaired) electrons. The van der Waals surface area contributed by atoms with E-state index in [2.05, 4.69) is 29.6 Å². The van der Waals surface area contributed by atoms with Gasteiger partial charge in [0.2, 0.25) is 0 Å². The van der Waals surface area contributed by atoms with Gasteiger partial charge in [0.25, 0.3) is 5.91 Å². The van der Waals surface area contributed by atoms with Gasteiger partial charge in [0.05, 0.1) is 11.7 Å². The Morgan fingerprint density at radius 3 is 2.80 bits per heavy atom. The molecule has 4 N–H and O–H groups in total. The first-order chi connectivity index (χ1) is 9.48. The van der Waals surface area contributed by atoms with Gasteiger partial charge >= 0.3 is 0 Å². The molecule has 1 amide bonds. The van der Waals surface area contributed by atoms with Gasteiger partial charge in [0.1, 0.15) is 5.82 Å². The number of hydrogen-bond acceptors (Lipinski definition) is 5. The molecule has 1 aliphatic carbocycles. The van der Waals surface area contributed by atoms with Crippen LogP contribution in [0, 0.1) is 5.41 Å². The van der Waals surface area contributed by atoms with Crippen LogP contribution in [0.15, 0.2) is 18.3 Å². The molecule has 1 heterocycles. The molecular weight excluding hydrogens is 256 g/mol. The Kier molecular flexibility index (Phi) is 4.25. The van der Waals surface area contributed by atoms with Crippen LogP contribution in [0.3, 0.4) is 0 Å². The van der Waals surface area contributed by atoms with Gasteiger partial charge in [-0.25, -0.2) is 10.8 Å². The quantitative estimate of drug-likeness (QED) is 0.558. The fourth-order valence-electron chi connectivity index (χ4n) is 2.47. The van der Waals surface area contributed by atoms with E-state index in [9.17, 15) is 4.79 Å². The van der Waals surface area contributed by atoms with E-state index in [1.807, 2.05) is 6.92 Å². The maximum Gasteiger partial charge on any atom is 0.253 e. The zero-order chi connectivity index (χ0) is 14.8. The van der Waals surface area contributed by atoms with Crippen molar-refractivity contribution in [3.8, 4) is 0 Å². The number of aromatic nitrogens is 1. The Morgan fingerprint density at radius 1 is 1.55 bits per heavy atom.